The monoisotopic (exact) mass is 1330 g/mol. The van der Waals surface area contributed by atoms with Crippen LogP contribution in [-0.2, 0) is 35.3 Å². The average Bonchev–Trinajstić information content (AvgIpc) is 1.76. The number of rotatable bonds is 15. The number of methoxy groups -OCH3 is 1. The van der Waals surface area contributed by atoms with E-state index in [1.165, 1.54) is 87.1 Å². The van der Waals surface area contributed by atoms with E-state index in [2.05, 4.69) is 21.3 Å². The van der Waals surface area contributed by atoms with Crippen LogP contribution < -0.4 is 26.2 Å². The molecule has 1 aliphatic heterocycles. The van der Waals surface area contributed by atoms with E-state index < -0.39 is 71.9 Å². The minimum atomic E-state index is -1.01. The number of fused-ring (bicyclic) bond motifs is 14. The van der Waals surface area contributed by atoms with Gasteiger partial charge in [-0.15, -0.1) is 68.0 Å². The van der Waals surface area contributed by atoms with E-state index in [0.717, 1.165) is 5.56 Å². The van der Waals surface area contributed by atoms with E-state index in [4.69, 9.17) is 39.6 Å². The number of anilines is 1. The van der Waals surface area contributed by atoms with Crippen molar-refractivity contribution in [2.75, 3.05) is 32.1 Å². The number of carboxylic acids is 2. The molecular formula is C61H64N12O11S6. The number of thiazole rings is 6. The number of ketones is 1. The molecule has 29 heteroatoms. The molecule has 5 amide bonds. The van der Waals surface area contributed by atoms with Crippen LogP contribution in [0.4, 0.5) is 5.82 Å². The van der Waals surface area contributed by atoms with Crippen LogP contribution in [0.1, 0.15) is 158 Å². The second kappa shape index (κ2) is 28.9. The van der Waals surface area contributed by atoms with Crippen LogP contribution in [0.2, 0.25) is 0 Å². The van der Waals surface area contributed by atoms with E-state index in [-0.39, 0.29) is 79.4 Å². The van der Waals surface area contributed by atoms with Crippen molar-refractivity contribution >= 4 is 121 Å². The molecule has 0 radical (unpaired) electrons. The number of carboxylic acid groups (broad SMARTS) is 2. The summed E-state index contributed by atoms with van der Waals surface area (Å²) < 4.78 is 5.50. The van der Waals surface area contributed by atoms with Gasteiger partial charge in [0.25, 0.3) is 11.8 Å². The molecule has 2 aliphatic rings. The van der Waals surface area contributed by atoms with Crippen molar-refractivity contribution < 1.29 is 53.3 Å². The number of hydrogen-bond donors (Lipinski definition) is 6. The summed E-state index contributed by atoms with van der Waals surface area (Å²) >= 11 is 7.47. The predicted molar refractivity (Wildman–Crippen MR) is 344 cm³/mol. The molecule has 1 aromatic carbocycles. The Labute approximate surface area is 541 Å². The van der Waals surface area contributed by atoms with Crippen LogP contribution >= 0.6 is 68.0 Å². The fourth-order valence-corrected chi connectivity index (χ4v) is 16.4. The number of hydrogen-bond acceptors (Lipinski definition) is 22. The third kappa shape index (κ3) is 14.9. The summed E-state index contributed by atoms with van der Waals surface area (Å²) in [6.07, 6.45) is 1.16. The quantitative estimate of drug-likeness (QED) is 0.0555. The Kier molecular flexibility index (Phi) is 20.9. The van der Waals surface area contributed by atoms with Crippen molar-refractivity contribution in [1.82, 2.24) is 56.2 Å². The Bertz CT molecular complexity index is 3980. The number of pyridine rings is 1. The molecule has 6 N–H and O–H groups in total. The molecule has 1 aliphatic carbocycles. The standard InChI is InChI=1S/C61H64N12O11S6/c1-29(2)36-21-42(74)49-31(4)89-58(71-49)38(22-45(75)62-5)65-52(79)40-26-85-54(67-40)35-18-19-37(56-69-44(28-88-56)73(20-10-13-47(77)78)60(81)33-14-16-34(17-15-33)61(82)83)64-50(35)39-25-86-57(66-39)41-27-87-59(68-41)48(30(3)32-11-8-7-9-12-32)70-46(76)23-63-53(80)51-43(24-84-6)90-55(36)72-51/h7-9,11-12,18-19,25-30,33-34,36,38,48H,10,13-17,20-24H2,1-6H3,(H,62,75)(H,63,80)(H,65,79)(H,70,76)(H,77,78)(H,82,83)/t30-,33?,34?,36?,38-,48-/m0/s1. The zero-order valence-corrected chi connectivity index (χ0v) is 54.7. The van der Waals surface area contributed by atoms with Crippen molar-refractivity contribution in [3.8, 4) is 43.4 Å². The molecule has 7 aromatic heterocycles. The lowest BCUT2D eigenvalue weighted by atomic mass is 9.81. The van der Waals surface area contributed by atoms with Crippen LogP contribution in [0.15, 0.2) is 64.0 Å². The summed E-state index contributed by atoms with van der Waals surface area (Å²) in [5.41, 5.74) is 3.39. The van der Waals surface area contributed by atoms with E-state index >= 15 is 0 Å². The molecular weight excluding hydrogens is 1270 g/mol. The van der Waals surface area contributed by atoms with Crippen LogP contribution in [0.25, 0.3) is 43.4 Å². The number of ether oxygens (including phenoxy) is 1. The van der Waals surface area contributed by atoms with Crippen LogP contribution in [0, 0.1) is 24.7 Å². The second-order valence-electron chi connectivity index (χ2n) is 22.1. The lowest BCUT2D eigenvalue weighted by molar-refractivity contribution is -0.144. The Morgan fingerprint density at radius 2 is 1.40 bits per heavy atom. The maximum atomic E-state index is 14.4. The normalized spacial score (nSPS) is 18.7. The van der Waals surface area contributed by atoms with Crippen molar-refractivity contribution in [2.45, 2.75) is 110 Å². The summed E-state index contributed by atoms with van der Waals surface area (Å²) in [6, 6.07) is 11.6. The highest BCUT2D eigenvalue weighted by molar-refractivity contribution is 7.15. The first-order valence-corrected chi connectivity index (χ1v) is 34.2. The fourth-order valence-electron chi connectivity index (χ4n) is 10.7. The molecule has 10 rings (SSSR count). The van der Waals surface area contributed by atoms with Gasteiger partial charge in [0.1, 0.15) is 65.0 Å². The number of nitrogens with zero attached hydrogens (tertiary/aromatic N) is 8. The van der Waals surface area contributed by atoms with E-state index in [0.29, 0.717) is 99.6 Å². The van der Waals surface area contributed by atoms with E-state index in [1.54, 1.807) is 29.8 Å². The highest BCUT2D eigenvalue weighted by atomic mass is 32.1. The molecule has 8 aromatic rings. The molecule has 470 valence electrons. The van der Waals surface area contributed by atoms with Crippen LogP contribution in [0.3, 0.4) is 0 Å². The fraction of sp³-hybridized carbons (Fsp3) is 0.393. The molecule has 8 heterocycles. The van der Waals surface area contributed by atoms with Crippen molar-refractivity contribution in [2.24, 2.45) is 17.8 Å². The topological polar surface area (TPSA) is 328 Å². The van der Waals surface area contributed by atoms with Gasteiger partial charge < -0.3 is 36.2 Å². The SMILES string of the molecule is CNC(=O)C[C@@H]1NC(=O)c2csc(n2)-c2ccc(-c3nc(N(CCCC(=O)O)C(=O)C4CCC(C(=O)O)CC4)cs3)nc2-c2csc(n2)-c2csc(n2)[C@H]([C@@H](C)c2ccccc2)NC(=O)CNC(=O)c2nc(sc2COC)C(C(C)C)CC(=O)c2nc1sc2C. The number of carbonyl (C=O) groups excluding carboxylic acids is 6. The highest BCUT2D eigenvalue weighted by Gasteiger charge is 2.36. The number of carbonyl (C=O) groups is 8. The van der Waals surface area contributed by atoms with Gasteiger partial charge in [-0.3, -0.25) is 43.3 Å². The van der Waals surface area contributed by atoms with E-state index in [1.807, 2.05) is 61.9 Å². The first kappa shape index (κ1) is 65.0. The Morgan fingerprint density at radius 1 is 0.711 bits per heavy atom. The lowest BCUT2D eigenvalue weighted by Crippen LogP contribution is -2.40. The van der Waals surface area contributed by atoms with Gasteiger partial charge in [0.2, 0.25) is 17.7 Å². The average molecular weight is 1330 g/mol. The van der Waals surface area contributed by atoms with Crippen LogP contribution in [0.5, 0.6) is 0 Å². The number of aryl methyl sites for hydroxylation is 1. The molecule has 90 heavy (non-hydrogen) atoms. The van der Waals surface area contributed by atoms with E-state index in [9.17, 15) is 48.6 Å². The maximum Gasteiger partial charge on any atom is 0.306 e. The summed E-state index contributed by atoms with van der Waals surface area (Å²) in [6.45, 7) is 7.36. The van der Waals surface area contributed by atoms with Gasteiger partial charge in [0, 0.05) is 83.3 Å². The first-order chi connectivity index (χ1) is 43.3. The van der Waals surface area contributed by atoms with Crippen molar-refractivity contribution in [1.29, 1.82) is 0 Å². The van der Waals surface area contributed by atoms with Gasteiger partial charge in [-0.05, 0) is 62.6 Å². The Morgan fingerprint density at radius 3 is 2.12 bits per heavy atom. The molecule has 1 unspecified atom stereocenters. The third-order valence-electron chi connectivity index (χ3n) is 15.7. The predicted octanol–water partition coefficient (Wildman–Crippen LogP) is 10.4. The highest BCUT2D eigenvalue weighted by Crippen LogP contribution is 2.42. The number of aliphatic carboxylic acids is 2. The summed E-state index contributed by atoms with van der Waals surface area (Å²) in [7, 11) is 2.98. The first-order valence-electron chi connectivity index (χ1n) is 29.0. The minimum Gasteiger partial charge on any atom is -0.481 e. The number of aromatic nitrogens is 7. The van der Waals surface area contributed by atoms with Crippen molar-refractivity contribution in [3.05, 3.63) is 111 Å². The Balaban J connectivity index is 1.05. The zero-order chi connectivity index (χ0) is 63.9. The van der Waals surface area contributed by atoms with Crippen LogP contribution in [-0.4, -0.2) is 120 Å². The smallest absolute Gasteiger partial charge is 0.306 e. The molecule has 4 atom stereocenters. The molecule has 1 fully saturated rings. The lowest BCUT2D eigenvalue weighted by Gasteiger charge is -2.30. The molecule has 1 saturated carbocycles. The van der Waals surface area contributed by atoms with Gasteiger partial charge in [-0.2, -0.15) is 0 Å². The minimum absolute atomic E-state index is 0.0265. The number of amides is 5. The second-order valence-corrected chi connectivity index (χ2v) is 28.0. The zero-order valence-electron chi connectivity index (χ0n) is 49.8. The summed E-state index contributed by atoms with van der Waals surface area (Å²) in [4.78, 5) is 145. The summed E-state index contributed by atoms with van der Waals surface area (Å²) in [5.74, 6) is -6.16. The van der Waals surface area contributed by atoms with Gasteiger partial charge >= 0.3 is 11.9 Å². The number of benzene rings is 1. The number of Topliss-reactive ketones (excluding diaryl/α,β-unsaturated/α-hetero) is 1. The molecule has 10 bridgehead atoms. The molecule has 0 saturated heterocycles. The summed E-state index contributed by atoms with van der Waals surface area (Å²) in [5, 5.41) is 40.4. The van der Waals surface area contributed by atoms with Gasteiger partial charge in [-0.1, -0.05) is 51.1 Å². The maximum absolute atomic E-state index is 14.4. The van der Waals surface area contributed by atoms with Gasteiger partial charge in [-0.25, -0.2) is 34.9 Å². The largest absolute Gasteiger partial charge is 0.481 e. The Hall–Kier alpha value is -7.93. The number of nitrogens with one attached hydrogen (secondary N) is 4. The molecule has 23 nitrogen and oxygen atoms in total. The molecule has 0 spiro atoms. The van der Waals surface area contributed by atoms with Crippen molar-refractivity contribution in [3.63, 3.8) is 0 Å². The van der Waals surface area contributed by atoms with Gasteiger partial charge in [0.15, 0.2) is 5.78 Å². The third-order valence-corrected chi connectivity index (χ3v) is 21.5. The van der Waals surface area contributed by atoms with Gasteiger partial charge in [0.05, 0.1) is 53.2 Å².